The number of amides is 1. The zero-order valence-electron chi connectivity index (χ0n) is 15.8. The minimum absolute atomic E-state index is 0.0103. The summed E-state index contributed by atoms with van der Waals surface area (Å²) >= 11 is 0. The van der Waals surface area contributed by atoms with Gasteiger partial charge in [0.25, 0.3) is 5.56 Å². The van der Waals surface area contributed by atoms with Gasteiger partial charge in [-0.15, -0.1) is 5.10 Å². The summed E-state index contributed by atoms with van der Waals surface area (Å²) in [6, 6.07) is 7.80. The molecule has 1 heterocycles. The van der Waals surface area contributed by atoms with Crippen LogP contribution >= 0.6 is 0 Å². The number of aromatic nitrogens is 3. The van der Waals surface area contributed by atoms with E-state index in [0.29, 0.717) is 23.0 Å². The van der Waals surface area contributed by atoms with Gasteiger partial charge in [-0.1, -0.05) is 55.9 Å². The van der Waals surface area contributed by atoms with Crippen LogP contribution in [0.4, 0.5) is 0 Å². The van der Waals surface area contributed by atoms with Gasteiger partial charge in [0, 0.05) is 12.1 Å². The third-order valence-corrected chi connectivity index (χ3v) is 6.14. The Morgan fingerprint density at radius 1 is 0.963 bits per heavy atom. The molecule has 27 heavy (non-hydrogen) atoms. The zero-order chi connectivity index (χ0) is 18.6. The largest absolute Gasteiger partial charge is 0.335 e. The molecule has 0 bridgehead atoms. The average molecular weight is 368 g/mol. The molecule has 0 saturated heterocycles. The van der Waals surface area contributed by atoms with Crippen LogP contribution in [-0.2, 0) is 11.3 Å². The van der Waals surface area contributed by atoms with Crippen LogP contribution in [0.2, 0.25) is 0 Å². The highest BCUT2D eigenvalue weighted by molar-refractivity contribution is 5.78. The van der Waals surface area contributed by atoms with Crippen molar-refractivity contribution in [2.24, 2.45) is 0 Å². The van der Waals surface area contributed by atoms with Crippen LogP contribution in [0.3, 0.4) is 0 Å². The molecular weight excluding hydrogens is 340 g/mol. The number of hydrogen-bond acceptors (Lipinski definition) is 4. The highest BCUT2D eigenvalue weighted by atomic mass is 16.2. The Morgan fingerprint density at radius 2 is 1.56 bits per heavy atom. The van der Waals surface area contributed by atoms with E-state index in [2.05, 4.69) is 15.2 Å². The predicted octanol–water partition coefficient (Wildman–Crippen LogP) is 3.29. The molecule has 6 nitrogen and oxygen atoms in total. The van der Waals surface area contributed by atoms with E-state index in [1.54, 1.807) is 12.1 Å². The van der Waals surface area contributed by atoms with Crippen LogP contribution < -0.4 is 5.56 Å². The Hall–Kier alpha value is -2.24. The van der Waals surface area contributed by atoms with E-state index in [0.717, 1.165) is 25.7 Å². The van der Waals surface area contributed by atoms with Crippen molar-refractivity contribution in [2.45, 2.75) is 82.8 Å². The summed E-state index contributed by atoms with van der Waals surface area (Å²) in [6.07, 6.45) is 11.6. The number of nitrogens with zero attached hydrogens (tertiary/aromatic N) is 4. The van der Waals surface area contributed by atoms with E-state index in [-0.39, 0.29) is 18.0 Å². The van der Waals surface area contributed by atoms with Gasteiger partial charge in [0.05, 0.1) is 5.39 Å². The molecule has 0 unspecified atom stereocenters. The normalized spacial score (nSPS) is 19.3. The van der Waals surface area contributed by atoms with E-state index in [9.17, 15) is 9.59 Å². The molecule has 2 aromatic rings. The van der Waals surface area contributed by atoms with Crippen molar-refractivity contribution in [1.29, 1.82) is 0 Å². The summed E-state index contributed by atoms with van der Waals surface area (Å²) in [5.41, 5.74) is 0.337. The number of hydrogen-bond donors (Lipinski definition) is 0. The standard InChI is InChI=1S/C21H28N4O2/c26-20(15-24-21(27)18-13-7-8-14-19(18)22-23-24)25(16-9-3-1-4-10-16)17-11-5-2-6-12-17/h7-8,13-14,16-17H,1-6,9-12,15H2. The highest BCUT2D eigenvalue weighted by Crippen LogP contribution is 2.30. The van der Waals surface area contributed by atoms with Gasteiger partial charge in [0.2, 0.25) is 5.91 Å². The highest BCUT2D eigenvalue weighted by Gasteiger charge is 2.32. The molecule has 2 aliphatic rings. The molecule has 0 spiro atoms. The molecule has 1 aromatic heterocycles. The first-order valence-electron chi connectivity index (χ1n) is 10.4. The number of carbonyl (C=O) groups excluding carboxylic acids is 1. The van der Waals surface area contributed by atoms with Gasteiger partial charge in [-0.25, -0.2) is 4.68 Å². The molecular formula is C21H28N4O2. The van der Waals surface area contributed by atoms with Gasteiger partial charge < -0.3 is 4.90 Å². The van der Waals surface area contributed by atoms with Gasteiger partial charge in [0.1, 0.15) is 12.1 Å². The second kappa shape index (κ2) is 8.19. The second-order valence-corrected chi connectivity index (χ2v) is 7.95. The SMILES string of the molecule is O=C(Cn1nnc2ccccc2c1=O)N(C1CCCCC1)C1CCCCC1. The van der Waals surface area contributed by atoms with Crippen LogP contribution in [0, 0.1) is 0 Å². The lowest BCUT2D eigenvalue weighted by atomic mass is 9.88. The fourth-order valence-corrected chi connectivity index (χ4v) is 4.76. The topological polar surface area (TPSA) is 68.1 Å². The van der Waals surface area contributed by atoms with Gasteiger partial charge in [-0.2, -0.15) is 0 Å². The summed E-state index contributed by atoms with van der Waals surface area (Å²) in [4.78, 5) is 28.2. The monoisotopic (exact) mass is 368 g/mol. The minimum atomic E-state index is -0.235. The quantitative estimate of drug-likeness (QED) is 0.830. The van der Waals surface area contributed by atoms with Crippen molar-refractivity contribution in [3.05, 3.63) is 34.6 Å². The van der Waals surface area contributed by atoms with Crippen molar-refractivity contribution >= 4 is 16.8 Å². The molecule has 2 saturated carbocycles. The van der Waals surface area contributed by atoms with Crippen molar-refractivity contribution in [1.82, 2.24) is 19.9 Å². The Balaban J connectivity index is 1.59. The molecule has 0 atom stereocenters. The van der Waals surface area contributed by atoms with Gasteiger partial charge in [0.15, 0.2) is 0 Å². The summed E-state index contributed by atoms with van der Waals surface area (Å²) in [6.45, 7) is -0.0103. The van der Waals surface area contributed by atoms with E-state index < -0.39 is 0 Å². The summed E-state index contributed by atoms with van der Waals surface area (Å²) in [5, 5.41) is 8.66. The first kappa shape index (κ1) is 18.1. The number of fused-ring (bicyclic) bond motifs is 1. The summed E-state index contributed by atoms with van der Waals surface area (Å²) in [7, 11) is 0. The van der Waals surface area contributed by atoms with Gasteiger partial charge in [-0.05, 0) is 37.8 Å². The molecule has 0 N–H and O–H groups in total. The van der Waals surface area contributed by atoms with Crippen molar-refractivity contribution in [2.75, 3.05) is 0 Å². The number of rotatable bonds is 4. The summed E-state index contributed by atoms with van der Waals surface area (Å²) in [5.74, 6) is 0.0282. The third kappa shape index (κ3) is 3.89. The van der Waals surface area contributed by atoms with Crippen LogP contribution in [0.25, 0.3) is 10.9 Å². The lowest BCUT2D eigenvalue weighted by Gasteiger charge is -2.41. The van der Waals surface area contributed by atoms with Crippen LogP contribution in [0.15, 0.2) is 29.1 Å². The second-order valence-electron chi connectivity index (χ2n) is 7.95. The lowest BCUT2D eigenvalue weighted by molar-refractivity contribution is -0.139. The molecule has 1 aromatic carbocycles. The van der Waals surface area contributed by atoms with E-state index in [1.165, 1.54) is 43.2 Å². The first-order valence-corrected chi connectivity index (χ1v) is 10.4. The molecule has 0 aliphatic heterocycles. The maximum atomic E-state index is 13.3. The molecule has 2 fully saturated rings. The minimum Gasteiger partial charge on any atom is -0.335 e. The van der Waals surface area contributed by atoms with E-state index in [1.807, 2.05) is 12.1 Å². The summed E-state index contributed by atoms with van der Waals surface area (Å²) < 4.78 is 1.24. The molecule has 144 valence electrons. The zero-order valence-corrected chi connectivity index (χ0v) is 15.8. The van der Waals surface area contributed by atoms with Gasteiger partial charge >= 0.3 is 0 Å². The van der Waals surface area contributed by atoms with E-state index in [4.69, 9.17) is 0 Å². The maximum Gasteiger partial charge on any atom is 0.278 e. The Kier molecular flexibility index (Phi) is 5.50. The van der Waals surface area contributed by atoms with Crippen molar-refractivity contribution in [3.63, 3.8) is 0 Å². The predicted molar refractivity (Wildman–Crippen MR) is 104 cm³/mol. The smallest absolute Gasteiger partial charge is 0.278 e. The fourth-order valence-electron chi connectivity index (χ4n) is 4.76. The maximum absolute atomic E-state index is 13.3. The first-order chi connectivity index (χ1) is 13.2. The van der Waals surface area contributed by atoms with Crippen LogP contribution in [0.5, 0.6) is 0 Å². The Bertz CT molecular complexity index is 833. The van der Waals surface area contributed by atoms with E-state index >= 15 is 0 Å². The van der Waals surface area contributed by atoms with Gasteiger partial charge in [-0.3, -0.25) is 9.59 Å². The molecule has 0 radical (unpaired) electrons. The van der Waals surface area contributed by atoms with Crippen LogP contribution in [-0.4, -0.2) is 37.9 Å². The fraction of sp³-hybridized carbons (Fsp3) is 0.619. The number of carbonyl (C=O) groups is 1. The molecule has 6 heteroatoms. The van der Waals surface area contributed by atoms with Crippen LogP contribution in [0.1, 0.15) is 64.2 Å². The Morgan fingerprint density at radius 3 is 2.19 bits per heavy atom. The third-order valence-electron chi connectivity index (χ3n) is 6.14. The molecule has 2 aliphatic carbocycles. The molecule has 4 rings (SSSR count). The lowest BCUT2D eigenvalue weighted by Crippen LogP contribution is -2.50. The molecule has 1 amide bonds. The van der Waals surface area contributed by atoms with Crippen molar-refractivity contribution < 1.29 is 4.79 Å². The Labute approximate surface area is 159 Å². The average Bonchev–Trinajstić information content (AvgIpc) is 2.72. The number of benzene rings is 1. The van der Waals surface area contributed by atoms with Crippen molar-refractivity contribution in [3.8, 4) is 0 Å².